The number of allylic oxidation sites excluding steroid dienone is 21. The van der Waals surface area contributed by atoms with Crippen molar-refractivity contribution in [3.63, 3.8) is 0 Å². The monoisotopic (exact) mass is 446 g/mol. The Hall–Kier alpha value is -3.76. The molecule has 0 saturated carbocycles. The second-order valence-electron chi connectivity index (χ2n) is 6.79. The van der Waals surface area contributed by atoms with Crippen LogP contribution in [0.15, 0.2) is 133 Å². The molecule has 0 aliphatic heterocycles. The summed E-state index contributed by atoms with van der Waals surface area (Å²) in [5.74, 6) is -0.922. The first-order valence-corrected chi connectivity index (χ1v) is 10.7. The highest BCUT2D eigenvalue weighted by Gasteiger charge is 2.06. The first kappa shape index (κ1) is 29.2. The molecule has 0 bridgehead atoms. The van der Waals surface area contributed by atoms with Gasteiger partial charge in [0.1, 0.15) is 0 Å². The topological polar surface area (TPSA) is 74.6 Å². The average Bonchev–Trinajstić information content (AvgIpc) is 2.76. The Morgan fingerprint density at radius 1 is 0.606 bits per heavy atom. The van der Waals surface area contributed by atoms with E-state index in [1.807, 2.05) is 109 Å². The standard InChI is InChI=1S/C29H34O4/c1-26(27(2)30)23-21-19-17-15-13-11-9-7-5-3-4-6-8-10-12-14-16-18-20-22-24-28(31)25-29(32)33/h3-23,28,31H,24-25H2,1-2H3,(H,32,33). The van der Waals surface area contributed by atoms with Crippen LogP contribution < -0.4 is 0 Å². The first-order valence-electron chi connectivity index (χ1n) is 10.7. The van der Waals surface area contributed by atoms with E-state index in [4.69, 9.17) is 5.11 Å². The quantitative estimate of drug-likeness (QED) is 0.228. The van der Waals surface area contributed by atoms with E-state index in [9.17, 15) is 14.7 Å². The van der Waals surface area contributed by atoms with Crippen LogP contribution >= 0.6 is 0 Å². The van der Waals surface area contributed by atoms with Crippen molar-refractivity contribution in [3.05, 3.63) is 133 Å². The number of aliphatic hydroxyl groups is 1. The number of carbonyl (C=O) groups excluding carboxylic acids is 1. The van der Waals surface area contributed by atoms with E-state index in [1.165, 1.54) is 0 Å². The molecular weight excluding hydrogens is 412 g/mol. The summed E-state index contributed by atoms with van der Waals surface area (Å²) in [4.78, 5) is 21.5. The molecule has 1 unspecified atom stereocenters. The molecule has 0 aliphatic rings. The van der Waals surface area contributed by atoms with Crippen LogP contribution in [-0.4, -0.2) is 28.1 Å². The lowest BCUT2D eigenvalue weighted by molar-refractivity contribution is -0.139. The summed E-state index contributed by atoms with van der Waals surface area (Å²) in [7, 11) is 0. The van der Waals surface area contributed by atoms with E-state index in [0.717, 1.165) is 5.57 Å². The molecule has 0 amide bonds. The van der Waals surface area contributed by atoms with Gasteiger partial charge in [-0.15, -0.1) is 0 Å². The van der Waals surface area contributed by atoms with Gasteiger partial charge in [0.05, 0.1) is 12.5 Å². The fourth-order valence-electron chi connectivity index (χ4n) is 2.01. The van der Waals surface area contributed by atoms with Gasteiger partial charge in [-0.1, -0.05) is 128 Å². The molecule has 0 aliphatic carbocycles. The number of carbonyl (C=O) groups is 2. The molecule has 0 heterocycles. The van der Waals surface area contributed by atoms with Gasteiger partial charge >= 0.3 is 5.97 Å². The average molecular weight is 447 g/mol. The minimum atomic E-state index is -1.00. The van der Waals surface area contributed by atoms with Gasteiger partial charge in [0.15, 0.2) is 5.78 Å². The number of carboxylic acids is 1. The lowest BCUT2D eigenvalue weighted by Gasteiger charge is -2.01. The van der Waals surface area contributed by atoms with Crippen LogP contribution in [0.25, 0.3) is 0 Å². The zero-order chi connectivity index (χ0) is 24.6. The molecule has 0 aromatic carbocycles. The second kappa shape index (κ2) is 21.5. The van der Waals surface area contributed by atoms with E-state index in [2.05, 4.69) is 0 Å². The minimum Gasteiger partial charge on any atom is -0.481 e. The van der Waals surface area contributed by atoms with E-state index in [1.54, 1.807) is 32.1 Å². The molecule has 0 radical (unpaired) electrons. The van der Waals surface area contributed by atoms with Crippen molar-refractivity contribution in [3.8, 4) is 0 Å². The fourth-order valence-corrected chi connectivity index (χ4v) is 2.01. The number of ketones is 1. The van der Waals surface area contributed by atoms with Gasteiger partial charge in [-0.05, 0) is 25.8 Å². The third-order valence-corrected chi connectivity index (χ3v) is 3.86. The maximum absolute atomic E-state index is 11.0. The number of hydrogen-bond donors (Lipinski definition) is 2. The lowest BCUT2D eigenvalue weighted by Crippen LogP contribution is -2.11. The maximum atomic E-state index is 11.0. The number of carboxylic acid groups (broad SMARTS) is 1. The molecule has 4 heteroatoms. The number of aliphatic hydroxyl groups excluding tert-OH is 1. The maximum Gasteiger partial charge on any atom is 0.305 e. The molecule has 0 aromatic rings. The Balaban J connectivity index is 4.03. The summed E-state index contributed by atoms with van der Waals surface area (Å²) < 4.78 is 0. The van der Waals surface area contributed by atoms with Crippen LogP contribution in [0, 0.1) is 0 Å². The van der Waals surface area contributed by atoms with Crippen LogP contribution in [0.3, 0.4) is 0 Å². The molecule has 0 rings (SSSR count). The van der Waals surface area contributed by atoms with E-state index in [-0.39, 0.29) is 12.2 Å². The van der Waals surface area contributed by atoms with Crippen molar-refractivity contribution in [2.24, 2.45) is 0 Å². The molecule has 4 nitrogen and oxygen atoms in total. The fraction of sp³-hybridized carbons (Fsp3) is 0.172. The largest absolute Gasteiger partial charge is 0.481 e. The third-order valence-electron chi connectivity index (χ3n) is 3.86. The first-order chi connectivity index (χ1) is 15.9. The van der Waals surface area contributed by atoms with Gasteiger partial charge in [-0.2, -0.15) is 0 Å². The van der Waals surface area contributed by atoms with Crippen LogP contribution in [0.5, 0.6) is 0 Å². The molecule has 1 atom stereocenters. The number of aliphatic carboxylic acids is 1. The molecule has 33 heavy (non-hydrogen) atoms. The second-order valence-corrected chi connectivity index (χ2v) is 6.79. The minimum absolute atomic E-state index is 0.0778. The van der Waals surface area contributed by atoms with Gasteiger partial charge in [-0.25, -0.2) is 0 Å². The van der Waals surface area contributed by atoms with Crippen molar-refractivity contribution in [2.75, 3.05) is 0 Å². The van der Waals surface area contributed by atoms with Crippen molar-refractivity contribution in [1.29, 1.82) is 0 Å². The van der Waals surface area contributed by atoms with Crippen LogP contribution in [0.1, 0.15) is 26.7 Å². The van der Waals surface area contributed by atoms with Gasteiger partial charge in [0, 0.05) is 0 Å². The normalized spacial score (nSPS) is 15.2. The Morgan fingerprint density at radius 2 is 0.939 bits per heavy atom. The predicted molar refractivity (Wildman–Crippen MR) is 139 cm³/mol. The Morgan fingerprint density at radius 3 is 1.27 bits per heavy atom. The third kappa shape index (κ3) is 22.7. The number of hydrogen-bond acceptors (Lipinski definition) is 3. The van der Waals surface area contributed by atoms with Gasteiger partial charge in [0.2, 0.25) is 0 Å². The number of rotatable bonds is 15. The molecule has 0 aromatic heterocycles. The summed E-state index contributed by atoms with van der Waals surface area (Å²) >= 11 is 0. The molecule has 0 spiro atoms. The van der Waals surface area contributed by atoms with Crippen molar-refractivity contribution < 1.29 is 19.8 Å². The molecule has 174 valence electrons. The van der Waals surface area contributed by atoms with Crippen molar-refractivity contribution in [1.82, 2.24) is 0 Å². The zero-order valence-electron chi connectivity index (χ0n) is 19.3. The Kier molecular flexibility index (Phi) is 19.0. The highest BCUT2D eigenvalue weighted by Crippen LogP contribution is 1.99. The summed E-state index contributed by atoms with van der Waals surface area (Å²) in [5.41, 5.74) is 0.735. The summed E-state index contributed by atoms with van der Waals surface area (Å²) in [5, 5.41) is 17.9. The number of Topliss-reactive ketones (excluding diaryl/α,β-unsaturated/α-hetero) is 1. The zero-order valence-corrected chi connectivity index (χ0v) is 19.3. The molecule has 0 fully saturated rings. The van der Waals surface area contributed by atoms with Gasteiger partial charge in [-0.3, -0.25) is 9.59 Å². The van der Waals surface area contributed by atoms with E-state index < -0.39 is 12.1 Å². The highest BCUT2D eigenvalue weighted by molar-refractivity contribution is 5.92. The van der Waals surface area contributed by atoms with E-state index >= 15 is 0 Å². The Labute approximate surface area is 197 Å². The van der Waals surface area contributed by atoms with Crippen LogP contribution in [-0.2, 0) is 9.59 Å². The van der Waals surface area contributed by atoms with Gasteiger partial charge < -0.3 is 10.2 Å². The van der Waals surface area contributed by atoms with Crippen molar-refractivity contribution in [2.45, 2.75) is 32.8 Å². The molecule has 0 saturated heterocycles. The summed E-state index contributed by atoms with van der Waals surface area (Å²) in [6.45, 7) is 3.35. The summed E-state index contributed by atoms with van der Waals surface area (Å²) in [6, 6.07) is 0. The predicted octanol–water partition coefficient (Wildman–Crippen LogP) is 6.31. The lowest BCUT2D eigenvalue weighted by atomic mass is 10.2. The van der Waals surface area contributed by atoms with Crippen LogP contribution in [0.4, 0.5) is 0 Å². The van der Waals surface area contributed by atoms with Crippen LogP contribution in [0.2, 0.25) is 0 Å². The smallest absolute Gasteiger partial charge is 0.305 e. The van der Waals surface area contributed by atoms with E-state index in [0.29, 0.717) is 6.42 Å². The SMILES string of the molecule is CC(=O)C(C)=CC=CC=CC=CC=CC=CC=CC=CC=CC=CC=CCC(O)CC(=O)O. The molecule has 2 N–H and O–H groups in total. The molecular formula is C29H34O4. The van der Waals surface area contributed by atoms with Crippen molar-refractivity contribution >= 4 is 11.8 Å². The summed E-state index contributed by atoms with van der Waals surface area (Å²) in [6.07, 6.45) is 38.8. The van der Waals surface area contributed by atoms with Gasteiger partial charge in [0.25, 0.3) is 0 Å². The highest BCUT2D eigenvalue weighted by atomic mass is 16.4. The Bertz CT molecular complexity index is 898.